The second-order valence-corrected chi connectivity index (χ2v) is 5.24. The van der Waals surface area contributed by atoms with E-state index in [9.17, 15) is 13.2 Å². The van der Waals surface area contributed by atoms with Crippen LogP contribution in [0.5, 0.6) is 0 Å². The highest BCUT2D eigenvalue weighted by Gasteiger charge is 2.29. The molecule has 0 unspecified atom stereocenters. The Bertz CT molecular complexity index is 740. The largest absolute Gasteiger partial charge is 0.334 e. The molecule has 2 aromatic rings. The Labute approximate surface area is 96.7 Å². The molecule has 1 aliphatic heterocycles. The van der Waals surface area contributed by atoms with Gasteiger partial charge in [-0.05, 0) is 12.1 Å². The van der Waals surface area contributed by atoms with Gasteiger partial charge in [0.25, 0.3) is 10.0 Å². The van der Waals surface area contributed by atoms with Gasteiger partial charge in [0.05, 0.1) is 5.52 Å². The van der Waals surface area contributed by atoms with Crippen LogP contribution < -0.4 is 10.0 Å². The van der Waals surface area contributed by atoms with Gasteiger partial charge >= 0.3 is 6.03 Å². The monoisotopic (exact) mass is 249 g/mol. The molecule has 7 heteroatoms. The van der Waals surface area contributed by atoms with Gasteiger partial charge in [0.1, 0.15) is 4.90 Å². The van der Waals surface area contributed by atoms with Crippen molar-refractivity contribution < 1.29 is 13.2 Å². The van der Waals surface area contributed by atoms with Crippen molar-refractivity contribution in [2.75, 3.05) is 5.32 Å². The summed E-state index contributed by atoms with van der Waals surface area (Å²) in [6.45, 7) is 0. The van der Waals surface area contributed by atoms with E-state index in [1.54, 1.807) is 24.3 Å². The van der Waals surface area contributed by atoms with E-state index in [1.807, 2.05) is 4.72 Å². The molecule has 1 aromatic carbocycles. The first-order valence-corrected chi connectivity index (χ1v) is 6.28. The molecule has 2 heterocycles. The molecule has 0 atom stereocenters. The molecule has 0 radical (unpaired) electrons. The summed E-state index contributed by atoms with van der Waals surface area (Å²) in [5, 5.41) is 3.07. The van der Waals surface area contributed by atoms with Crippen LogP contribution in [0.3, 0.4) is 0 Å². The van der Waals surface area contributed by atoms with Crippen molar-refractivity contribution >= 4 is 32.8 Å². The standard InChI is InChI=1S/C10H7N3O3S/c14-10-12-9-8(17(15,16)13-10)5-6-3-1-2-4-7(6)11-9/h1-5H,(H2,11,12,13,14). The molecule has 3 rings (SSSR count). The van der Waals surface area contributed by atoms with Crippen molar-refractivity contribution in [3.05, 3.63) is 30.3 Å². The maximum absolute atomic E-state index is 11.7. The van der Waals surface area contributed by atoms with Crippen molar-refractivity contribution in [3.63, 3.8) is 0 Å². The third-order valence-corrected chi connectivity index (χ3v) is 3.78. The Morgan fingerprint density at radius 2 is 1.94 bits per heavy atom. The lowest BCUT2D eigenvalue weighted by molar-refractivity contribution is 0.256. The highest BCUT2D eigenvalue weighted by molar-refractivity contribution is 7.90. The summed E-state index contributed by atoms with van der Waals surface area (Å²) in [7, 11) is -3.81. The van der Waals surface area contributed by atoms with Gasteiger partial charge in [0.2, 0.25) is 0 Å². The average molecular weight is 249 g/mol. The van der Waals surface area contributed by atoms with Gasteiger partial charge in [-0.15, -0.1) is 0 Å². The van der Waals surface area contributed by atoms with Gasteiger partial charge in [0.15, 0.2) is 5.82 Å². The normalized spacial score (nSPS) is 17.1. The summed E-state index contributed by atoms with van der Waals surface area (Å²) in [6, 6.07) is 7.78. The number of benzene rings is 1. The van der Waals surface area contributed by atoms with E-state index in [1.165, 1.54) is 6.07 Å². The first-order valence-electron chi connectivity index (χ1n) is 4.80. The van der Waals surface area contributed by atoms with Gasteiger partial charge < -0.3 is 0 Å². The van der Waals surface area contributed by atoms with E-state index >= 15 is 0 Å². The first-order chi connectivity index (χ1) is 8.06. The zero-order valence-corrected chi connectivity index (χ0v) is 9.28. The number of amides is 2. The summed E-state index contributed by atoms with van der Waals surface area (Å²) >= 11 is 0. The number of para-hydroxylation sites is 1. The number of pyridine rings is 1. The minimum Gasteiger partial charge on any atom is -0.290 e. The van der Waals surface area contributed by atoms with Crippen molar-refractivity contribution in [3.8, 4) is 0 Å². The Hall–Kier alpha value is -2.15. The molecule has 6 nitrogen and oxygen atoms in total. The third-order valence-electron chi connectivity index (χ3n) is 2.44. The number of carbonyl (C=O) groups excluding carboxylic acids is 1. The molecule has 86 valence electrons. The van der Waals surface area contributed by atoms with Gasteiger partial charge in [-0.3, -0.25) is 5.32 Å². The number of aromatic nitrogens is 1. The van der Waals surface area contributed by atoms with E-state index in [-0.39, 0.29) is 10.7 Å². The molecular weight excluding hydrogens is 242 g/mol. The molecule has 17 heavy (non-hydrogen) atoms. The maximum atomic E-state index is 11.7. The Balaban J connectivity index is 2.38. The summed E-state index contributed by atoms with van der Waals surface area (Å²) in [5.74, 6) is 0.0625. The van der Waals surface area contributed by atoms with Gasteiger partial charge in [0, 0.05) is 5.39 Å². The number of rotatable bonds is 0. The fourth-order valence-corrected chi connectivity index (χ4v) is 2.74. The number of sulfonamides is 1. The Kier molecular flexibility index (Phi) is 1.87. The minimum atomic E-state index is -3.81. The van der Waals surface area contributed by atoms with Crippen molar-refractivity contribution in [1.82, 2.24) is 9.71 Å². The van der Waals surface area contributed by atoms with Gasteiger partial charge in [-0.25, -0.2) is 22.9 Å². The number of fused-ring (bicyclic) bond motifs is 2. The molecule has 0 bridgehead atoms. The SMILES string of the molecule is O=C1Nc2nc3ccccc3cc2S(=O)(=O)N1. The first kappa shape index (κ1) is 10.0. The van der Waals surface area contributed by atoms with Gasteiger partial charge in [-0.1, -0.05) is 18.2 Å². The van der Waals surface area contributed by atoms with Crippen LogP contribution in [0.4, 0.5) is 10.6 Å². The molecule has 0 saturated carbocycles. The van der Waals surface area contributed by atoms with Crippen LogP contribution in [0.2, 0.25) is 0 Å². The van der Waals surface area contributed by atoms with E-state index in [4.69, 9.17) is 0 Å². The lowest BCUT2D eigenvalue weighted by atomic mass is 10.2. The van der Waals surface area contributed by atoms with Crippen LogP contribution in [0.15, 0.2) is 35.2 Å². The maximum Gasteiger partial charge on any atom is 0.334 e. The summed E-state index contributed by atoms with van der Waals surface area (Å²) in [4.78, 5) is 15.2. The molecule has 2 amide bonds. The van der Waals surface area contributed by atoms with Crippen LogP contribution in [0, 0.1) is 0 Å². The second-order valence-electron chi connectivity index (χ2n) is 3.59. The highest BCUT2D eigenvalue weighted by Crippen LogP contribution is 2.26. The highest BCUT2D eigenvalue weighted by atomic mass is 32.2. The fourth-order valence-electron chi connectivity index (χ4n) is 1.70. The van der Waals surface area contributed by atoms with Crippen LogP contribution in [0.25, 0.3) is 10.9 Å². The summed E-state index contributed by atoms with van der Waals surface area (Å²) < 4.78 is 25.3. The topological polar surface area (TPSA) is 88.2 Å². The summed E-state index contributed by atoms with van der Waals surface area (Å²) in [5.41, 5.74) is 0.628. The zero-order chi connectivity index (χ0) is 12.0. The smallest absolute Gasteiger partial charge is 0.290 e. The van der Waals surface area contributed by atoms with Crippen molar-refractivity contribution in [2.24, 2.45) is 0 Å². The van der Waals surface area contributed by atoms with Crippen LogP contribution in [-0.4, -0.2) is 19.4 Å². The number of hydrogen-bond acceptors (Lipinski definition) is 4. The number of hydrogen-bond donors (Lipinski definition) is 2. The predicted octanol–water partition coefficient (Wildman–Crippen LogP) is 1.06. The quantitative estimate of drug-likeness (QED) is 0.730. The number of urea groups is 1. The number of anilines is 1. The number of nitrogens with zero attached hydrogens (tertiary/aromatic N) is 1. The lowest BCUT2D eigenvalue weighted by Crippen LogP contribution is -2.39. The van der Waals surface area contributed by atoms with E-state index in [0.29, 0.717) is 10.9 Å². The minimum absolute atomic E-state index is 0.0178. The van der Waals surface area contributed by atoms with Crippen LogP contribution in [0.1, 0.15) is 0 Å². The molecule has 0 fully saturated rings. The molecule has 1 aliphatic rings. The average Bonchev–Trinajstić information content (AvgIpc) is 2.26. The Morgan fingerprint density at radius 1 is 1.18 bits per heavy atom. The van der Waals surface area contributed by atoms with Gasteiger partial charge in [-0.2, -0.15) is 0 Å². The lowest BCUT2D eigenvalue weighted by Gasteiger charge is -2.17. The Morgan fingerprint density at radius 3 is 2.76 bits per heavy atom. The molecule has 0 saturated heterocycles. The summed E-state index contributed by atoms with van der Waals surface area (Å²) in [6.07, 6.45) is 0. The third kappa shape index (κ3) is 1.51. The fraction of sp³-hybridized carbons (Fsp3) is 0. The van der Waals surface area contributed by atoms with Crippen molar-refractivity contribution in [1.29, 1.82) is 0 Å². The molecular formula is C10H7N3O3S. The second kappa shape index (κ2) is 3.17. The number of nitrogens with one attached hydrogen (secondary N) is 2. The van der Waals surface area contributed by atoms with Crippen LogP contribution >= 0.6 is 0 Å². The predicted molar refractivity (Wildman–Crippen MR) is 61.1 cm³/mol. The zero-order valence-electron chi connectivity index (χ0n) is 8.47. The van der Waals surface area contributed by atoms with Crippen LogP contribution in [-0.2, 0) is 10.0 Å². The van der Waals surface area contributed by atoms with E-state index < -0.39 is 16.1 Å². The number of carbonyl (C=O) groups is 1. The molecule has 0 aliphatic carbocycles. The van der Waals surface area contributed by atoms with Crippen molar-refractivity contribution in [2.45, 2.75) is 4.90 Å². The molecule has 0 spiro atoms. The molecule has 2 N–H and O–H groups in total. The van der Waals surface area contributed by atoms with E-state index in [0.717, 1.165) is 0 Å². The molecule has 1 aromatic heterocycles. The van der Waals surface area contributed by atoms with E-state index in [2.05, 4.69) is 10.3 Å².